The lowest BCUT2D eigenvalue weighted by molar-refractivity contribution is 0.0531. The molecule has 0 unspecified atom stereocenters. The first-order valence-electron chi connectivity index (χ1n) is 11.8. The van der Waals surface area contributed by atoms with Gasteiger partial charge < -0.3 is 9.47 Å². The highest BCUT2D eigenvalue weighted by molar-refractivity contribution is 7.20. The van der Waals surface area contributed by atoms with Crippen molar-refractivity contribution in [2.45, 2.75) is 20.3 Å². The third-order valence-corrected chi connectivity index (χ3v) is 7.22. The zero-order chi connectivity index (χ0) is 25.9. The van der Waals surface area contributed by atoms with Crippen LogP contribution in [-0.2, 0) is 4.74 Å². The summed E-state index contributed by atoms with van der Waals surface area (Å²) in [5.41, 5.74) is 4.14. The summed E-state index contributed by atoms with van der Waals surface area (Å²) in [5, 5.41) is 11.4. The Bertz CT molecular complexity index is 1570. The number of fused-ring (bicyclic) bond motifs is 1. The van der Waals surface area contributed by atoms with E-state index in [-0.39, 0.29) is 12.2 Å². The Balaban J connectivity index is 1.32. The molecule has 188 valence electrons. The summed E-state index contributed by atoms with van der Waals surface area (Å²) in [5.74, 6) is 0.373. The summed E-state index contributed by atoms with van der Waals surface area (Å²) in [7, 11) is 1.65. The van der Waals surface area contributed by atoms with Gasteiger partial charge in [-0.05, 0) is 66.9 Å². The second-order valence-electron chi connectivity index (χ2n) is 8.34. The number of anilines is 1. The second-order valence-corrected chi connectivity index (χ2v) is 9.33. The van der Waals surface area contributed by atoms with Gasteiger partial charge in [-0.15, -0.1) is 11.3 Å². The third-order valence-electron chi connectivity index (χ3n) is 6.04. The molecule has 9 nitrogen and oxygen atoms in total. The van der Waals surface area contributed by atoms with Crippen molar-refractivity contribution in [1.29, 1.82) is 0 Å². The molecule has 2 aromatic carbocycles. The predicted molar refractivity (Wildman–Crippen MR) is 146 cm³/mol. The molecular formula is C27H25N5O4S. The smallest absolute Gasteiger partial charge is 0.348 e. The van der Waals surface area contributed by atoms with E-state index in [1.165, 1.54) is 11.0 Å². The van der Waals surface area contributed by atoms with Crippen LogP contribution >= 0.6 is 11.3 Å². The van der Waals surface area contributed by atoms with Crippen LogP contribution in [0, 0.1) is 6.92 Å². The second kappa shape index (κ2) is 10.4. The molecule has 0 saturated heterocycles. The van der Waals surface area contributed by atoms with Crippen molar-refractivity contribution < 1.29 is 14.3 Å². The van der Waals surface area contributed by atoms with Gasteiger partial charge in [-0.1, -0.05) is 12.1 Å². The van der Waals surface area contributed by atoms with E-state index in [1.54, 1.807) is 27.2 Å². The maximum Gasteiger partial charge on any atom is 0.348 e. The summed E-state index contributed by atoms with van der Waals surface area (Å²) in [6.07, 6.45) is 3.82. The van der Waals surface area contributed by atoms with Gasteiger partial charge in [-0.25, -0.2) is 9.78 Å². The number of thiophene rings is 1. The van der Waals surface area contributed by atoms with Crippen LogP contribution in [0.4, 0.5) is 5.69 Å². The van der Waals surface area contributed by atoms with Gasteiger partial charge in [0.15, 0.2) is 0 Å². The Kier molecular flexibility index (Phi) is 6.82. The normalized spacial score (nSPS) is 13.4. The topological polar surface area (TPSA) is 98.4 Å². The van der Waals surface area contributed by atoms with Crippen molar-refractivity contribution in [2.24, 2.45) is 10.2 Å². The molecule has 0 spiro atoms. The Labute approximate surface area is 217 Å². The van der Waals surface area contributed by atoms with E-state index in [4.69, 9.17) is 14.6 Å². The van der Waals surface area contributed by atoms with Crippen LogP contribution < -0.4 is 15.3 Å². The van der Waals surface area contributed by atoms with E-state index in [1.807, 2.05) is 53.5 Å². The number of carbonyl (C=O) groups is 1. The van der Waals surface area contributed by atoms with Gasteiger partial charge in [-0.2, -0.15) is 14.9 Å². The van der Waals surface area contributed by atoms with Crippen LogP contribution in [0.5, 0.6) is 5.75 Å². The maximum absolute atomic E-state index is 13.0. The lowest BCUT2D eigenvalue weighted by Gasteiger charge is -2.13. The first kappa shape index (κ1) is 24.4. The number of esters is 1. The molecule has 0 radical (unpaired) electrons. The molecule has 4 aromatic rings. The van der Waals surface area contributed by atoms with Crippen LogP contribution in [0.1, 0.15) is 39.7 Å². The maximum atomic E-state index is 13.0. The lowest BCUT2D eigenvalue weighted by atomic mass is 10.1. The average Bonchev–Trinajstić information content (AvgIpc) is 3.54. The lowest BCUT2D eigenvalue weighted by Crippen LogP contribution is -2.17. The van der Waals surface area contributed by atoms with Gasteiger partial charge in [-0.3, -0.25) is 9.80 Å². The average molecular weight is 516 g/mol. The molecule has 0 atom stereocenters. The number of hydrazone groups is 1. The van der Waals surface area contributed by atoms with E-state index in [9.17, 15) is 9.59 Å². The summed E-state index contributed by atoms with van der Waals surface area (Å²) in [4.78, 5) is 30.4. The van der Waals surface area contributed by atoms with E-state index >= 15 is 0 Å². The standard InChI is InChI=1S/C27H25N5O4S/c1-4-36-27(34)24-17(2)23-25(37-24)28-16-32(26(23)33)29-15-18-5-9-20(10-6-18)31-14-13-22(30-31)19-7-11-21(35-3)12-8-19/h5-12,15-16H,4,13-14H2,1-3H3/b29-15+. The van der Waals surface area contributed by atoms with Crippen molar-refractivity contribution in [2.75, 3.05) is 25.3 Å². The van der Waals surface area contributed by atoms with Gasteiger partial charge >= 0.3 is 5.97 Å². The fraction of sp³-hybridized carbons (Fsp3) is 0.222. The van der Waals surface area contributed by atoms with Gasteiger partial charge in [0.1, 0.15) is 21.8 Å². The van der Waals surface area contributed by atoms with Gasteiger partial charge in [0, 0.05) is 13.0 Å². The molecule has 2 aromatic heterocycles. The van der Waals surface area contributed by atoms with Gasteiger partial charge in [0.25, 0.3) is 5.56 Å². The molecule has 37 heavy (non-hydrogen) atoms. The molecule has 5 rings (SSSR count). The monoisotopic (exact) mass is 515 g/mol. The van der Waals surface area contributed by atoms with E-state index in [0.717, 1.165) is 52.6 Å². The molecule has 0 saturated carbocycles. The number of ether oxygens (including phenoxy) is 2. The molecule has 1 aliphatic rings. The summed E-state index contributed by atoms with van der Waals surface area (Å²) in [6, 6.07) is 15.7. The van der Waals surface area contributed by atoms with Crippen molar-refractivity contribution in [3.8, 4) is 5.75 Å². The fourth-order valence-corrected chi connectivity index (χ4v) is 5.11. The molecule has 0 amide bonds. The molecular weight excluding hydrogens is 490 g/mol. The number of hydrogen-bond donors (Lipinski definition) is 0. The molecule has 0 bridgehead atoms. The fourth-order valence-electron chi connectivity index (χ4n) is 4.08. The molecule has 10 heteroatoms. The minimum absolute atomic E-state index is 0.265. The van der Waals surface area contributed by atoms with Crippen LogP contribution in [0.25, 0.3) is 10.2 Å². The summed E-state index contributed by atoms with van der Waals surface area (Å²) < 4.78 is 11.5. The highest BCUT2D eigenvalue weighted by atomic mass is 32.1. The van der Waals surface area contributed by atoms with Crippen molar-refractivity contribution >= 4 is 45.1 Å². The van der Waals surface area contributed by atoms with Crippen LogP contribution in [0.2, 0.25) is 0 Å². The first-order valence-corrected chi connectivity index (χ1v) is 12.6. The summed E-state index contributed by atoms with van der Waals surface area (Å²) in [6.45, 7) is 4.53. The Hall–Kier alpha value is -4.31. The zero-order valence-electron chi connectivity index (χ0n) is 20.7. The highest BCUT2D eigenvalue weighted by Crippen LogP contribution is 2.27. The number of aryl methyl sites for hydroxylation is 1. The Morgan fingerprint density at radius 1 is 1.16 bits per heavy atom. The Morgan fingerprint density at radius 3 is 2.62 bits per heavy atom. The molecule has 0 N–H and O–H groups in total. The number of rotatable bonds is 7. The minimum atomic E-state index is -0.448. The SMILES string of the molecule is CCOC(=O)c1sc2ncn(/N=C/c3ccc(N4CCC(c5ccc(OC)cc5)=N4)cc3)c(=O)c2c1C. The predicted octanol–water partition coefficient (Wildman–Crippen LogP) is 4.45. The third kappa shape index (κ3) is 4.88. The van der Waals surface area contributed by atoms with E-state index < -0.39 is 5.97 Å². The highest BCUT2D eigenvalue weighted by Gasteiger charge is 2.20. The van der Waals surface area contributed by atoms with Crippen LogP contribution in [-0.4, -0.2) is 47.8 Å². The Morgan fingerprint density at radius 2 is 1.92 bits per heavy atom. The van der Waals surface area contributed by atoms with Crippen molar-refractivity contribution in [1.82, 2.24) is 9.66 Å². The first-order chi connectivity index (χ1) is 18.0. The van der Waals surface area contributed by atoms with Crippen LogP contribution in [0.15, 0.2) is 69.9 Å². The number of benzene rings is 2. The molecule has 0 aliphatic carbocycles. The number of methoxy groups -OCH3 is 1. The quantitative estimate of drug-likeness (QED) is 0.266. The minimum Gasteiger partial charge on any atom is -0.497 e. The number of hydrogen-bond acceptors (Lipinski definition) is 9. The zero-order valence-corrected chi connectivity index (χ0v) is 21.5. The van der Waals surface area contributed by atoms with E-state index in [0.29, 0.717) is 20.7 Å². The molecule has 1 aliphatic heterocycles. The number of aromatic nitrogens is 2. The van der Waals surface area contributed by atoms with Crippen LogP contribution in [0.3, 0.4) is 0 Å². The number of nitrogens with zero attached hydrogens (tertiary/aromatic N) is 5. The van der Waals surface area contributed by atoms with E-state index in [2.05, 4.69) is 10.1 Å². The van der Waals surface area contributed by atoms with Crippen molar-refractivity contribution in [3.05, 3.63) is 86.8 Å². The van der Waals surface area contributed by atoms with Gasteiger partial charge in [0.2, 0.25) is 0 Å². The number of carbonyl (C=O) groups excluding carboxylic acids is 1. The van der Waals surface area contributed by atoms with Gasteiger partial charge in [0.05, 0.1) is 36.7 Å². The molecule has 3 heterocycles. The largest absolute Gasteiger partial charge is 0.497 e. The van der Waals surface area contributed by atoms with Crippen molar-refractivity contribution in [3.63, 3.8) is 0 Å². The molecule has 0 fully saturated rings. The summed E-state index contributed by atoms with van der Waals surface area (Å²) >= 11 is 1.15.